The minimum atomic E-state index is -3.73. The number of nitrogens with one attached hydrogen (secondary N) is 2. The number of aryl methyl sites for hydroxylation is 1. The second-order valence-electron chi connectivity index (χ2n) is 6.21. The van der Waals surface area contributed by atoms with Gasteiger partial charge in [0.25, 0.3) is 5.91 Å². The predicted octanol–water partition coefficient (Wildman–Crippen LogP) is 3.86. The predicted molar refractivity (Wildman–Crippen MR) is 106 cm³/mol. The van der Waals surface area contributed by atoms with E-state index >= 15 is 0 Å². The van der Waals surface area contributed by atoms with Crippen LogP contribution in [0.3, 0.4) is 0 Å². The lowest BCUT2D eigenvalue weighted by Gasteiger charge is -2.10. The molecule has 1 amide bonds. The third kappa shape index (κ3) is 4.62. The van der Waals surface area contributed by atoms with Crippen LogP contribution in [0.15, 0.2) is 77.7 Å². The number of sulfonamides is 1. The van der Waals surface area contributed by atoms with Crippen LogP contribution in [0.2, 0.25) is 0 Å². The molecular formula is C21H19FN2O3S. The SMILES string of the molecule is Cc1ccccc1CNS(=O)(=O)c1ccc(C(=O)Nc2ccccc2F)cc1. The van der Waals surface area contributed by atoms with E-state index in [1.807, 2.05) is 31.2 Å². The average Bonchev–Trinajstić information content (AvgIpc) is 2.69. The molecule has 0 saturated heterocycles. The maximum atomic E-state index is 13.6. The number of benzene rings is 3. The number of amides is 1. The molecule has 3 aromatic carbocycles. The van der Waals surface area contributed by atoms with Crippen LogP contribution in [-0.4, -0.2) is 14.3 Å². The molecule has 0 aliphatic carbocycles. The zero-order valence-corrected chi connectivity index (χ0v) is 16.0. The molecule has 0 aliphatic rings. The third-order valence-electron chi connectivity index (χ3n) is 4.26. The first-order valence-electron chi connectivity index (χ1n) is 8.57. The number of hydrogen-bond donors (Lipinski definition) is 2. The highest BCUT2D eigenvalue weighted by Crippen LogP contribution is 2.16. The summed E-state index contributed by atoms with van der Waals surface area (Å²) in [5.74, 6) is -1.07. The minimum absolute atomic E-state index is 0.0449. The highest BCUT2D eigenvalue weighted by molar-refractivity contribution is 7.89. The Bertz CT molecular complexity index is 1100. The van der Waals surface area contributed by atoms with Crippen molar-refractivity contribution in [3.8, 4) is 0 Å². The zero-order chi connectivity index (χ0) is 20.1. The summed E-state index contributed by atoms with van der Waals surface area (Å²) < 4.78 is 41.1. The summed E-state index contributed by atoms with van der Waals surface area (Å²) in [4.78, 5) is 12.3. The molecule has 0 heterocycles. The normalized spacial score (nSPS) is 11.2. The van der Waals surface area contributed by atoms with Crippen molar-refractivity contribution in [1.29, 1.82) is 0 Å². The number of carbonyl (C=O) groups excluding carboxylic acids is 1. The number of anilines is 1. The molecule has 3 aromatic rings. The number of halogens is 1. The van der Waals surface area contributed by atoms with Crippen molar-refractivity contribution < 1.29 is 17.6 Å². The van der Waals surface area contributed by atoms with Crippen LogP contribution in [0.25, 0.3) is 0 Å². The summed E-state index contributed by atoms with van der Waals surface area (Å²) in [6.07, 6.45) is 0. The Morgan fingerprint density at radius 1 is 0.929 bits per heavy atom. The molecule has 7 heteroatoms. The molecule has 0 spiro atoms. The molecule has 0 aliphatic heterocycles. The second-order valence-corrected chi connectivity index (χ2v) is 7.98. The van der Waals surface area contributed by atoms with Gasteiger partial charge in [0.2, 0.25) is 10.0 Å². The summed E-state index contributed by atoms with van der Waals surface area (Å²) in [6.45, 7) is 2.08. The standard InChI is InChI=1S/C21H19FN2O3S/c1-15-6-2-3-7-17(15)14-23-28(26,27)18-12-10-16(11-13-18)21(25)24-20-9-5-4-8-19(20)22/h2-13,23H,14H2,1H3,(H,24,25). The van der Waals surface area contributed by atoms with Gasteiger partial charge < -0.3 is 5.32 Å². The maximum Gasteiger partial charge on any atom is 0.255 e. The van der Waals surface area contributed by atoms with E-state index in [4.69, 9.17) is 0 Å². The van der Waals surface area contributed by atoms with E-state index in [9.17, 15) is 17.6 Å². The van der Waals surface area contributed by atoms with E-state index in [-0.39, 0.29) is 22.7 Å². The van der Waals surface area contributed by atoms with Gasteiger partial charge >= 0.3 is 0 Å². The molecule has 0 atom stereocenters. The molecule has 0 bridgehead atoms. The van der Waals surface area contributed by atoms with Crippen molar-refractivity contribution in [1.82, 2.24) is 4.72 Å². The number of para-hydroxylation sites is 1. The molecular weight excluding hydrogens is 379 g/mol. The van der Waals surface area contributed by atoms with Gasteiger partial charge in [-0.05, 0) is 54.4 Å². The van der Waals surface area contributed by atoms with Gasteiger partial charge in [0.05, 0.1) is 10.6 Å². The average molecular weight is 398 g/mol. The molecule has 0 saturated carbocycles. The van der Waals surface area contributed by atoms with Crippen LogP contribution in [0.1, 0.15) is 21.5 Å². The Hall–Kier alpha value is -3.03. The van der Waals surface area contributed by atoms with E-state index in [2.05, 4.69) is 10.0 Å². The summed E-state index contributed by atoms with van der Waals surface area (Å²) in [6, 6.07) is 18.8. The Labute approximate surface area is 163 Å². The van der Waals surface area contributed by atoms with Crippen molar-refractivity contribution in [3.05, 3.63) is 95.3 Å². The number of hydrogen-bond acceptors (Lipinski definition) is 3. The first-order valence-corrected chi connectivity index (χ1v) is 10.1. The Morgan fingerprint density at radius 3 is 2.25 bits per heavy atom. The fourth-order valence-electron chi connectivity index (χ4n) is 2.61. The number of carbonyl (C=O) groups is 1. The van der Waals surface area contributed by atoms with E-state index in [0.29, 0.717) is 0 Å². The number of rotatable bonds is 6. The van der Waals surface area contributed by atoms with Gasteiger partial charge in [-0.1, -0.05) is 36.4 Å². The minimum Gasteiger partial charge on any atom is -0.319 e. The van der Waals surface area contributed by atoms with Crippen LogP contribution >= 0.6 is 0 Å². The molecule has 2 N–H and O–H groups in total. The zero-order valence-electron chi connectivity index (χ0n) is 15.1. The molecule has 0 aromatic heterocycles. The van der Waals surface area contributed by atoms with Crippen LogP contribution in [-0.2, 0) is 16.6 Å². The highest BCUT2D eigenvalue weighted by atomic mass is 32.2. The van der Waals surface area contributed by atoms with Gasteiger partial charge in [-0.2, -0.15) is 0 Å². The largest absolute Gasteiger partial charge is 0.319 e. The fraction of sp³-hybridized carbons (Fsp3) is 0.0952. The highest BCUT2D eigenvalue weighted by Gasteiger charge is 2.16. The maximum absolute atomic E-state index is 13.6. The topological polar surface area (TPSA) is 75.3 Å². The van der Waals surface area contributed by atoms with Crippen LogP contribution in [0.5, 0.6) is 0 Å². The lowest BCUT2D eigenvalue weighted by Crippen LogP contribution is -2.23. The summed E-state index contributed by atoms with van der Waals surface area (Å²) >= 11 is 0. The lowest BCUT2D eigenvalue weighted by molar-refractivity contribution is 0.102. The van der Waals surface area contributed by atoms with Gasteiger partial charge in [0.1, 0.15) is 5.82 Å². The van der Waals surface area contributed by atoms with E-state index in [1.165, 1.54) is 42.5 Å². The van der Waals surface area contributed by atoms with E-state index in [0.717, 1.165) is 11.1 Å². The monoisotopic (exact) mass is 398 g/mol. The van der Waals surface area contributed by atoms with Gasteiger partial charge in [0, 0.05) is 12.1 Å². The second kappa shape index (κ2) is 8.33. The smallest absolute Gasteiger partial charge is 0.255 e. The van der Waals surface area contributed by atoms with Crippen LogP contribution in [0.4, 0.5) is 10.1 Å². The van der Waals surface area contributed by atoms with Gasteiger partial charge in [0.15, 0.2) is 0 Å². The first kappa shape index (κ1) is 19.7. The molecule has 28 heavy (non-hydrogen) atoms. The van der Waals surface area contributed by atoms with Crippen molar-refractivity contribution in [2.24, 2.45) is 0 Å². The van der Waals surface area contributed by atoms with Crippen molar-refractivity contribution >= 4 is 21.6 Å². The molecule has 5 nitrogen and oxygen atoms in total. The van der Waals surface area contributed by atoms with Crippen molar-refractivity contribution in [2.45, 2.75) is 18.4 Å². The van der Waals surface area contributed by atoms with Crippen LogP contribution < -0.4 is 10.0 Å². The van der Waals surface area contributed by atoms with Crippen molar-refractivity contribution in [2.75, 3.05) is 5.32 Å². The summed E-state index contributed by atoms with van der Waals surface area (Å²) in [5, 5.41) is 2.46. The van der Waals surface area contributed by atoms with Gasteiger partial charge in [-0.25, -0.2) is 17.5 Å². The molecule has 3 rings (SSSR count). The summed E-state index contributed by atoms with van der Waals surface area (Å²) in [7, 11) is -3.73. The third-order valence-corrected chi connectivity index (χ3v) is 5.68. The quantitative estimate of drug-likeness (QED) is 0.662. The molecule has 0 unspecified atom stereocenters. The van der Waals surface area contributed by atoms with Gasteiger partial charge in [-0.3, -0.25) is 4.79 Å². The Kier molecular flexibility index (Phi) is 5.87. The summed E-state index contributed by atoms with van der Waals surface area (Å²) in [5.41, 5.74) is 2.16. The van der Waals surface area contributed by atoms with Crippen molar-refractivity contribution in [3.63, 3.8) is 0 Å². The first-order chi connectivity index (χ1) is 13.4. The fourth-order valence-corrected chi connectivity index (χ4v) is 3.61. The van der Waals surface area contributed by atoms with Gasteiger partial charge in [-0.15, -0.1) is 0 Å². The lowest BCUT2D eigenvalue weighted by atomic mass is 10.1. The van der Waals surface area contributed by atoms with E-state index < -0.39 is 21.7 Å². The van der Waals surface area contributed by atoms with E-state index in [1.54, 1.807) is 6.07 Å². The molecule has 144 valence electrons. The Balaban J connectivity index is 1.70. The molecule has 0 radical (unpaired) electrons. The Morgan fingerprint density at radius 2 is 1.57 bits per heavy atom. The molecule has 0 fully saturated rings. The van der Waals surface area contributed by atoms with Crippen LogP contribution in [0, 0.1) is 12.7 Å².